The van der Waals surface area contributed by atoms with Gasteiger partial charge in [0, 0.05) is 18.5 Å². The highest BCUT2D eigenvalue weighted by Crippen LogP contribution is 2.41. The smallest absolute Gasteiger partial charge is 0.328 e. The number of rotatable bonds is 2. The van der Waals surface area contributed by atoms with E-state index in [4.69, 9.17) is 5.11 Å². The van der Waals surface area contributed by atoms with Gasteiger partial charge >= 0.3 is 5.97 Å². The predicted octanol–water partition coefficient (Wildman–Crippen LogP) is 1.20. The number of hydrogen-bond acceptors (Lipinski definition) is 3. The summed E-state index contributed by atoms with van der Waals surface area (Å²) in [7, 11) is 0. The number of aliphatic carboxylic acids is 1. The number of carboxylic acids is 1. The van der Waals surface area contributed by atoms with Crippen LogP contribution < -0.4 is 5.32 Å². The molecule has 5 heteroatoms. The molecule has 1 atom stereocenters. The summed E-state index contributed by atoms with van der Waals surface area (Å²) in [5, 5.41) is 16.6. The molecule has 1 aliphatic carbocycles. The number of aromatic nitrogens is 2. The normalized spacial score (nSPS) is 24.4. The van der Waals surface area contributed by atoms with E-state index in [-0.39, 0.29) is 0 Å². The van der Waals surface area contributed by atoms with E-state index in [0.29, 0.717) is 18.9 Å². The third-order valence-corrected chi connectivity index (χ3v) is 3.05. The van der Waals surface area contributed by atoms with Crippen molar-refractivity contribution in [3.05, 3.63) is 11.8 Å². The van der Waals surface area contributed by atoms with E-state index >= 15 is 0 Å². The van der Waals surface area contributed by atoms with Crippen LogP contribution in [0.15, 0.2) is 6.07 Å². The lowest BCUT2D eigenvalue weighted by Crippen LogP contribution is -2.29. The van der Waals surface area contributed by atoms with Crippen molar-refractivity contribution in [3.8, 4) is 0 Å². The summed E-state index contributed by atoms with van der Waals surface area (Å²) in [6.07, 6.45) is 2.98. The molecule has 1 saturated carbocycles. The molecule has 2 N–H and O–H groups in total. The summed E-state index contributed by atoms with van der Waals surface area (Å²) in [6, 6.07) is 1.50. The van der Waals surface area contributed by atoms with Crippen molar-refractivity contribution in [1.82, 2.24) is 9.78 Å². The Morgan fingerprint density at radius 1 is 1.53 bits per heavy atom. The molecule has 5 nitrogen and oxygen atoms in total. The summed E-state index contributed by atoms with van der Waals surface area (Å²) < 4.78 is 1.62. The first-order chi connectivity index (χ1) is 7.25. The third kappa shape index (κ3) is 1.38. The SMILES string of the molecule is O=C(O)C1CCNc2cc(C3CC3)nn21. The monoisotopic (exact) mass is 207 g/mol. The lowest BCUT2D eigenvalue weighted by atomic mass is 10.2. The van der Waals surface area contributed by atoms with Crippen molar-refractivity contribution in [1.29, 1.82) is 0 Å². The number of nitrogens with zero attached hydrogens (tertiary/aromatic N) is 2. The molecule has 2 aliphatic rings. The number of nitrogens with one attached hydrogen (secondary N) is 1. The van der Waals surface area contributed by atoms with Gasteiger partial charge in [0.15, 0.2) is 6.04 Å². The Morgan fingerprint density at radius 3 is 3.00 bits per heavy atom. The fourth-order valence-corrected chi connectivity index (χ4v) is 2.05. The lowest BCUT2D eigenvalue weighted by molar-refractivity contribution is -0.141. The maximum absolute atomic E-state index is 11.0. The maximum atomic E-state index is 11.0. The molecule has 0 spiro atoms. The molecule has 1 aromatic heterocycles. The Bertz CT molecular complexity index is 409. The lowest BCUT2D eigenvalue weighted by Gasteiger charge is -2.21. The van der Waals surface area contributed by atoms with Gasteiger partial charge in [0.25, 0.3) is 0 Å². The molecule has 0 aromatic carbocycles. The zero-order valence-corrected chi connectivity index (χ0v) is 8.31. The van der Waals surface area contributed by atoms with Crippen molar-refractivity contribution in [2.75, 3.05) is 11.9 Å². The van der Waals surface area contributed by atoms with Crippen LogP contribution in [0.4, 0.5) is 5.82 Å². The molecule has 0 saturated heterocycles. The van der Waals surface area contributed by atoms with E-state index < -0.39 is 12.0 Å². The van der Waals surface area contributed by atoms with Crippen molar-refractivity contribution >= 4 is 11.8 Å². The van der Waals surface area contributed by atoms with Gasteiger partial charge in [-0.15, -0.1) is 0 Å². The molecule has 0 radical (unpaired) electrons. The van der Waals surface area contributed by atoms with E-state index in [2.05, 4.69) is 10.4 Å². The number of carbonyl (C=O) groups is 1. The maximum Gasteiger partial charge on any atom is 0.328 e. The Hall–Kier alpha value is -1.52. The minimum absolute atomic E-state index is 0.492. The Labute approximate surface area is 87.1 Å². The molecular formula is C10H13N3O2. The van der Waals surface area contributed by atoms with Crippen LogP contribution >= 0.6 is 0 Å². The van der Waals surface area contributed by atoms with E-state index in [9.17, 15) is 4.79 Å². The Kier molecular flexibility index (Phi) is 1.74. The number of hydrogen-bond donors (Lipinski definition) is 2. The van der Waals surface area contributed by atoms with Crippen LogP contribution in [-0.2, 0) is 4.79 Å². The topological polar surface area (TPSA) is 67.2 Å². The molecule has 2 heterocycles. The minimum atomic E-state index is -0.789. The van der Waals surface area contributed by atoms with Gasteiger partial charge < -0.3 is 10.4 Å². The summed E-state index contributed by atoms with van der Waals surface area (Å²) in [4.78, 5) is 11.0. The summed E-state index contributed by atoms with van der Waals surface area (Å²) >= 11 is 0. The number of anilines is 1. The van der Waals surface area contributed by atoms with Gasteiger partial charge in [0.1, 0.15) is 5.82 Å². The molecule has 0 bridgehead atoms. The van der Waals surface area contributed by atoms with E-state index in [1.54, 1.807) is 4.68 Å². The molecule has 0 amide bonds. The standard InChI is InChI=1S/C10H13N3O2/c14-10(15)8-3-4-11-9-5-7(6-1-2-6)12-13(8)9/h5-6,8,11H,1-4H2,(H,14,15). The molecule has 1 fully saturated rings. The van der Waals surface area contributed by atoms with Gasteiger partial charge in [-0.05, 0) is 19.3 Å². The molecular weight excluding hydrogens is 194 g/mol. The molecule has 1 aromatic rings. The second-order valence-corrected chi connectivity index (χ2v) is 4.24. The van der Waals surface area contributed by atoms with Crippen LogP contribution in [0.5, 0.6) is 0 Å². The van der Waals surface area contributed by atoms with Crippen LogP contribution in [-0.4, -0.2) is 27.4 Å². The van der Waals surface area contributed by atoms with Gasteiger partial charge in [-0.1, -0.05) is 0 Å². The zero-order valence-electron chi connectivity index (χ0n) is 8.31. The average Bonchev–Trinajstić information content (AvgIpc) is 2.96. The summed E-state index contributed by atoms with van der Waals surface area (Å²) in [6.45, 7) is 0.715. The average molecular weight is 207 g/mol. The second-order valence-electron chi connectivity index (χ2n) is 4.24. The van der Waals surface area contributed by atoms with Crippen LogP contribution in [0.2, 0.25) is 0 Å². The Morgan fingerprint density at radius 2 is 2.33 bits per heavy atom. The van der Waals surface area contributed by atoms with Crippen LogP contribution in [0, 0.1) is 0 Å². The molecule has 3 rings (SSSR count). The largest absolute Gasteiger partial charge is 0.480 e. The van der Waals surface area contributed by atoms with Crippen molar-refractivity contribution < 1.29 is 9.90 Å². The Balaban J connectivity index is 1.98. The molecule has 1 unspecified atom stereocenters. The van der Waals surface area contributed by atoms with Crippen molar-refractivity contribution in [3.63, 3.8) is 0 Å². The quantitative estimate of drug-likeness (QED) is 0.764. The van der Waals surface area contributed by atoms with Crippen molar-refractivity contribution in [2.24, 2.45) is 0 Å². The van der Waals surface area contributed by atoms with Crippen LogP contribution in [0.1, 0.15) is 36.9 Å². The number of fused-ring (bicyclic) bond motifs is 1. The highest BCUT2D eigenvalue weighted by atomic mass is 16.4. The van der Waals surface area contributed by atoms with Gasteiger partial charge in [0.05, 0.1) is 5.69 Å². The molecule has 15 heavy (non-hydrogen) atoms. The first-order valence-corrected chi connectivity index (χ1v) is 5.32. The van der Waals surface area contributed by atoms with E-state index in [1.165, 1.54) is 12.8 Å². The fraction of sp³-hybridized carbons (Fsp3) is 0.600. The van der Waals surface area contributed by atoms with Gasteiger partial charge in [0.2, 0.25) is 0 Å². The highest BCUT2D eigenvalue weighted by molar-refractivity contribution is 5.73. The molecule has 80 valence electrons. The van der Waals surface area contributed by atoms with Gasteiger partial charge in [-0.25, -0.2) is 9.48 Å². The van der Waals surface area contributed by atoms with Crippen LogP contribution in [0.3, 0.4) is 0 Å². The van der Waals surface area contributed by atoms with Crippen molar-refractivity contribution in [2.45, 2.75) is 31.2 Å². The first-order valence-electron chi connectivity index (χ1n) is 5.32. The molecule has 1 aliphatic heterocycles. The van der Waals surface area contributed by atoms with E-state index in [0.717, 1.165) is 11.5 Å². The zero-order chi connectivity index (χ0) is 10.4. The predicted molar refractivity (Wildman–Crippen MR) is 54.0 cm³/mol. The summed E-state index contributed by atoms with van der Waals surface area (Å²) in [5.41, 5.74) is 1.05. The van der Waals surface area contributed by atoms with Gasteiger partial charge in [-0.3, -0.25) is 0 Å². The fourth-order valence-electron chi connectivity index (χ4n) is 2.05. The van der Waals surface area contributed by atoms with Gasteiger partial charge in [-0.2, -0.15) is 5.10 Å². The summed E-state index contributed by atoms with van der Waals surface area (Å²) in [5.74, 6) is 0.637. The van der Waals surface area contributed by atoms with Crippen LogP contribution in [0.25, 0.3) is 0 Å². The third-order valence-electron chi connectivity index (χ3n) is 3.05. The first kappa shape index (κ1) is 8.76. The second kappa shape index (κ2) is 2.98. The highest BCUT2D eigenvalue weighted by Gasteiger charge is 2.32. The number of carboxylic acid groups (broad SMARTS) is 1. The minimum Gasteiger partial charge on any atom is -0.480 e. The van der Waals surface area contributed by atoms with E-state index in [1.807, 2.05) is 6.07 Å².